The van der Waals surface area contributed by atoms with Gasteiger partial charge in [-0.3, -0.25) is 19.3 Å². The summed E-state index contributed by atoms with van der Waals surface area (Å²) in [6.07, 6.45) is 9.30. The number of carbonyl (C=O) groups excluding carboxylic acids is 3. The van der Waals surface area contributed by atoms with Crippen LogP contribution in [0, 0.1) is 0 Å². The Morgan fingerprint density at radius 2 is 1.32 bits per heavy atom. The molecule has 44 heavy (non-hydrogen) atoms. The molecule has 3 aromatic carbocycles. The van der Waals surface area contributed by atoms with Crippen LogP contribution < -0.4 is 16.0 Å². The van der Waals surface area contributed by atoms with Crippen molar-refractivity contribution in [3.05, 3.63) is 95.6 Å². The van der Waals surface area contributed by atoms with Crippen LogP contribution in [0.3, 0.4) is 0 Å². The van der Waals surface area contributed by atoms with Gasteiger partial charge >= 0.3 is 0 Å². The number of likely N-dealkylation sites (tertiary alicyclic amines) is 2. The molecule has 3 heterocycles. The lowest BCUT2D eigenvalue weighted by molar-refractivity contribution is -0.140. The van der Waals surface area contributed by atoms with E-state index in [0.29, 0.717) is 13.0 Å². The summed E-state index contributed by atoms with van der Waals surface area (Å²) in [4.78, 5) is 43.3. The van der Waals surface area contributed by atoms with Crippen molar-refractivity contribution in [3.8, 4) is 0 Å². The van der Waals surface area contributed by atoms with E-state index in [1.54, 1.807) is 0 Å². The van der Waals surface area contributed by atoms with Crippen LogP contribution in [-0.4, -0.2) is 65.3 Å². The molecule has 0 unspecified atom stereocenters. The van der Waals surface area contributed by atoms with E-state index in [2.05, 4.69) is 33.0 Å². The molecule has 0 radical (unpaired) electrons. The molecule has 8 nitrogen and oxygen atoms in total. The third-order valence-corrected chi connectivity index (χ3v) is 8.92. The number of hydrogen-bond acceptors (Lipinski definition) is 5. The summed E-state index contributed by atoms with van der Waals surface area (Å²) >= 11 is 0. The fraction of sp³-hybridized carbons (Fsp3) is 0.361. The molecular formula is C36H41N5O3. The van der Waals surface area contributed by atoms with E-state index in [0.717, 1.165) is 74.2 Å². The molecule has 3 fully saturated rings. The molecule has 6 rings (SSSR count). The third-order valence-electron chi connectivity index (χ3n) is 8.92. The van der Waals surface area contributed by atoms with E-state index in [-0.39, 0.29) is 29.8 Å². The largest absolute Gasteiger partial charge is 0.329 e. The van der Waals surface area contributed by atoms with E-state index in [4.69, 9.17) is 0 Å². The van der Waals surface area contributed by atoms with Gasteiger partial charge in [0.15, 0.2) is 0 Å². The van der Waals surface area contributed by atoms with Crippen molar-refractivity contribution in [1.29, 1.82) is 0 Å². The second-order valence-electron chi connectivity index (χ2n) is 12.0. The first-order valence-electron chi connectivity index (χ1n) is 15.9. The topological polar surface area (TPSA) is 93.8 Å². The second kappa shape index (κ2) is 14.0. The van der Waals surface area contributed by atoms with E-state index in [1.807, 2.05) is 83.8 Å². The van der Waals surface area contributed by atoms with Gasteiger partial charge < -0.3 is 20.9 Å². The zero-order valence-electron chi connectivity index (χ0n) is 25.1. The van der Waals surface area contributed by atoms with Gasteiger partial charge in [-0.05, 0) is 92.6 Å². The molecule has 3 N–H and O–H groups in total. The lowest BCUT2D eigenvalue weighted by atomic mass is 10.1. The Kier molecular flexibility index (Phi) is 9.48. The molecule has 0 aliphatic carbocycles. The molecule has 3 aliphatic heterocycles. The number of nitrogens with one attached hydrogen (secondary N) is 3. The van der Waals surface area contributed by atoms with Crippen molar-refractivity contribution in [1.82, 2.24) is 15.1 Å². The minimum Gasteiger partial charge on any atom is -0.329 e. The Balaban J connectivity index is 1.01. The molecule has 8 heteroatoms. The highest BCUT2D eigenvalue weighted by Crippen LogP contribution is 2.27. The van der Waals surface area contributed by atoms with Gasteiger partial charge in [-0.15, -0.1) is 0 Å². The third kappa shape index (κ3) is 7.26. The zero-order chi connectivity index (χ0) is 30.3. The molecule has 228 valence electrons. The number of hydrogen-bond donors (Lipinski definition) is 3. The number of anilines is 2. The Bertz CT molecular complexity index is 1470. The van der Waals surface area contributed by atoms with Crippen LogP contribution in [0.1, 0.15) is 55.2 Å². The maximum atomic E-state index is 13.6. The molecule has 0 aromatic heterocycles. The number of benzene rings is 3. The smallest absolute Gasteiger partial charge is 0.247 e. The van der Waals surface area contributed by atoms with Crippen molar-refractivity contribution in [3.63, 3.8) is 0 Å². The van der Waals surface area contributed by atoms with Crippen LogP contribution in [0.15, 0.2) is 78.9 Å². The molecule has 0 spiro atoms. The highest BCUT2D eigenvalue weighted by molar-refractivity contribution is 5.98. The minimum absolute atomic E-state index is 0.0181. The first-order chi connectivity index (χ1) is 21.5. The summed E-state index contributed by atoms with van der Waals surface area (Å²) in [6.45, 7) is 3.18. The molecule has 3 saturated heterocycles. The number of carbonyl (C=O) groups is 3. The SMILES string of the molecule is O=C(Nc1ccc(/C=C/c2ccc(NC(=O)[C@@H]3CCCN3C(=O)[C@@H]3CCCN3Cc3ccccc3)cc2)cc1)[C@@H]1CCCN1. The van der Waals surface area contributed by atoms with Gasteiger partial charge in [0.05, 0.1) is 12.1 Å². The summed E-state index contributed by atoms with van der Waals surface area (Å²) in [7, 11) is 0. The fourth-order valence-corrected chi connectivity index (χ4v) is 6.52. The molecule has 0 saturated carbocycles. The second-order valence-corrected chi connectivity index (χ2v) is 12.0. The van der Waals surface area contributed by atoms with Gasteiger partial charge in [0.25, 0.3) is 0 Å². The van der Waals surface area contributed by atoms with Gasteiger partial charge in [0.1, 0.15) is 6.04 Å². The van der Waals surface area contributed by atoms with Crippen molar-refractivity contribution in [2.45, 2.75) is 63.2 Å². The Hall–Kier alpha value is -4.27. The number of nitrogens with zero attached hydrogens (tertiary/aromatic N) is 2. The molecule has 3 aliphatic rings. The Morgan fingerprint density at radius 1 is 0.705 bits per heavy atom. The van der Waals surface area contributed by atoms with Gasteiger partial charge in [0.2, 0.25) is 17.7 Å². The quantitative estimate of drug-likeness (QED) is 0.300. The summed E-state index contributed by atoms with van der Waals surface area (Å²) in [5.41, 5.74) is 4.74. The lowest BCUT2D eigenvalue weighted by Crippen LogP contribution is -2.50. The van der Waals surface area contributed by atoms with E-state index in [1.165, 1.54) is 5.56 Å². The maximum absolute atomic E-state index is 13.6. The zero-order valence-corrected chi connectivity index (χ0v) is 25.1. The maximum Gasteiger partial charge on any atom is 0.247 e. The molecule has 0 bridgehead atoms. The predicted octanol–water partition coefficient (Wildman–Crippen LogP) is 5.14. The average molecular weight is 592 g/mol. The summed E-state index contributed by atoms with van der Waals surface area (Å²) in [5, 5.41) is 9.24. The Labute approximate surface area is 259 Å². The predicted molar refractivity (Wildman–Crippen MR) is 175 cm³/mol. The van der Waals surface area contributed by atoms with Gasteiger partial charge in [-0.25, -0.2) is 0 Å². The van der Waals surface area contributed by atoms with E-state index >= 15 is 0 Å². The highest BCUT2D eigenvalue weighted by Gasteiger charge is 2.40. The summed E-state index contributed by atoms with van der Waals surface area (Å²) in [5.74, 6) is -0.0232. The van der Waals surface area contributed by atoms with Gasteiger partial charge in [0, 0.05) is 24.5 Å². The number of amides is 3. The fourth-order valence-electron chi connectivity index (χ4n) is 6.52. The first-order valence-corrected chi connectivity index (χ1v) is 15.9. The number of rotatable bonds is 9. The van der Waals surface area contributed by atoms with Crippen LogP contribution in [0.5, 0.6) is 0 Å². The van der Waals surface area contributed by atoms with Crippen LogP contribution in [-0.2, 0) is 20.9 Å². The highest BCUT2D eigenvalue weighted by atomic mass is 16.2. The molecule has 3 atom stereocenters. The standard InChI is InChI=1S/C36H41N5O3/c42-34(31-9-4-22-37-31)38-29-18-14-26(15-19-29)12-13-27-16-20-30(21-17-27)39-35(43)32-10-6-24-41(32)36(44)33-11-5-23-40(33)25-28-7-2-1-3-8-28/h1-3,7-8,12-21,31-33,37H,4-6,9-11,22-25H2,(H,38,42)(H,39,43)/b13-12+/t31-,32-,33-/m0/s1. The monoisotopic (exact) mass is 591 g/mol. The van der Waals surface area contributed by atoms with Crippen LogP contribution in [0.25, 0.3) is 12.2 Å². The van der Waals surface area contributed by atoms with Gasteiger partial charge in [-0.2, -0.15) is 0 Å². The first kappa shape index (κ1) is 29.8. The van der Waals surface area contributed by atoms with Crippen molar-refractivity contribution in [2.75, 3.05) is 30.3 Å². The van der Waals surface area contributed by atoms with Crippen molar-refractivity contribution in [2.24, 2.45) is 0 Å². The van der Waals surface area contributed by atoms with Gasteiger partial charge in [-0.1, -0.05) is 66.7 Å². The van der Waals surface area contributed by atoms with Crippen LogP contribution in [0.4, 0.5) is 11.4 Å². The molecule has 3 amide bonds. The van der Waals surface area contributed by atoms with Crippen molar-refractivity contribution < 1.29 is 14.4 Å². The average Bonchev–Trinajstić information content (AvgIpc) is 3.84. The van der Waals surface area contributed by atoms with Crippen LogP contribution in [0.2, 0.25) is 0 Å². The van der Waals surface area contributed by atoms with Crippen LogP contribution >= 0.6 is 0 Å². The normalized spacial score (nSPS) is 22.0. The Morgan fingerprint density at radius 3 is 1.95 bits per heavy atom. The minimum atomic E-state index is -0.441. The summed E-state index contributed by atoms with van der Waals surface area (Å²) in [6, 6.07) is 25.1. The lowest BCUT2D eigenvalue weighted by Gasteiger charge is -2.31. The van der Waals surface area contributed by atoms with Crippen molar-refractivity contribution >= 4 is 41.2 Å². The molecular weight excluding hydrogens is 550 g/mol. The molecule has 3 aromatic rings. The van der Waals surface area contributed by atoms with E-state index in [9.17, 15) is 14.4 Å². The van der Waals surface area contributed by atoms with E-state index < -0.39 is 6.04 Å². The summed E-state index contributed by atoms with van der Waals surface area (Å²) < 4.78 is 0.